The van der Waals surface area contributed by atoms with Gasteiger partial charge < -0.3 is 15.1 Å². The maximum atomic E-state index is 8.74. The highest BCUT2D eigenvalue weighted by Gasteiger charge is 2.53. The van der Waals surface area contributed by atoms with Gasteiger partial charge in [0.05, 0.1) is 7.11 Å². The lowest BCUT2D eigenvalue weighted by Crippen LogP contribution is -2.59. The fourth-order valence-electron chi connectivity index (χ4n) is 5.30. The van der Waals surface area contributed by atoms with E-state index in [4.69, 9.17) is 22.3 Å². The van der Waals surface area contributed by atoms with Crippen molar-refractivity contribution in [2.24, 2.45) is 5.92 Å². The Hall–Kier alpha value is -1.19. The minimum absolute atomic E-state index is 0. The van der Waals surface area contributed by atoms with E-state index in [1.54, 1.807) is 18.2 Å². The van der Waals surface area contributed by atoms with Crippen molar-refractivity contribution in [3.05, 3.63) is 29.3 Å². The summed E-state index contributed by atoms with van der Waals surface area (Å²) in [6, 6.07) is 7.60. The minimum Gasteiger partial charge on any atom is -0.497 e. The third-order valence-corrected chi connectivity index (χ3v) is 6.32. The summed E-state index contributed by atoms with van der Waals surface area (Å²) < 4.78 is 37.1. The highest BCUT2D eigenvalue weighted by Crippen LogP contribution is 2.55. The number of likely N-dealkylation sites (tertiary alicyclic amines) is 1. The van der Waals surface area contributed by atoms with Crippen LogP contribution < -0.4 is 4.74 Å². The summed E-state index contributed by atoms with van der Waals surface area (Å²) in [6.07, 6.45) is 8.22. The van der Waals surface area contributed by atoms with Gasteiger partial charge in [-0.05, 0) is 68.5 Å². The summed E-state index contributed by atoms with van der Waals surface area (Å²) in [4.78, 5) is 2.63. The Labute approximate surface area is 155 Å². The maximum absolute atomic E-state index is 8.74. The quantitative estimate of drug-likeness (QED) is 0.711. The topological polar surface area (TPSA) is 119 Å². The van der Waals surface area contributed by atoms with Crippen LogP contribution in [0.25, 0.3) is 0 Å². The molecule has 148 valence electrons. The molecular weight excluding hydrogens is 358 g/mol. The molecule has 26 heavy (non-hydrogen) atoms. The molecule has 2 aliphatic carbocycles. The SMILES string of the molecule is COc1ccc2c(c1)[C@@]13CCCC[C@H]1[C@@H](C2)N(C)CC3.O.O=S(=O)(O)O. The Bertz CT molecular complexity index is 729. The molecule has 2 fully saturated rings. The second-order valence-electron chi connectivity index (χ2n) is 7.48. The van der Waals surface area contributed by atoms with Gasteiger partial charge in [0.2, 0.25) is 0 Å². The van der Waals surface area contributed by atoms with Crippen molar-refractivity contribution in [3.8, 4) is 5.75 Å². The fourth-order valence-corrected chi connectivity index (χ4v) is 5.30. The van der Waals surface area contributed by atoms with E-state index in [1.165, 1.54) is 45.1 Å². The van der Waals surface area contributed by atoms with Crippen molar-refractivity contribution in [3.63, 3.8) is 0 Å². The van der Waals surface area contributed by atoms with Gasteiger partial charge in [0.15, 0.2) is 0 Å². The number of likely N-dealkylation sites (N-methyl/N-ethyl adjacent to an activating group) is 1. The summed E-state index contributed by atoms with van der Waals surface area (Å²) in [5.41, 5.74) is 3.67. The predicted octanol–water partition coefficient (Wildman–Crippen LogP) is 1.91. The lowest BCUT2D eigenvalue weighted by Gasteiger charge is -2.58. The molecular formula is C18H29NO6S. The molecule has 1 heterocycles. The van der Waals surface area contributed by atoms with Crippen molar-refractivity contribution in [2.75, 3.05) is 20.7 Å². The summed E-state index contributed by atoms with van der Waals surface area (Å²) in [5, 5.41) is 0. The number of piperidine rings is 1. The van der Waals surface area contributed by atoms with Gasteiger partial charge in [-0.1, -0.05) is 18.9 Å². The van der Waals surface area contributed by atoms with Crippen LogP contribution >= 0.6 is 0 Å². The standard InChI is InChI=1S/C18H25NO.H2O4S.H2O/c1-19-10-9-18-8-4-3-5-15(18)17(19)11-13-6-7-14(20-2)12-16(13)18;1-5(2,3)4;/h6-7,12,15,17H,3-5,8-11H2,1-2H3;(H2,1,2,3,4);1H2/t15-,17+,18+;;/m0../s1. The Morgan fingerprint density at radius 2 is 1.92 bits per heavy atom. The van der Waals surface area contributed by atoms with Crippen LogP contribution in [-0.2, 0) is 22.2 Å². The normalized spacial score (nSPS) is 30.0. The number of benzene rings is 1. The smallest absolute Gasteiger partial charge is 0.394 e. The van der Waals surface area contributed by atoms with Crippen LogP contribution in [0.3, 0.4) is 0 Å². The first-order chi connectivity index (χ1) is 11.7. The first-order valence-corrected chi connectivity index (χ1v) is 10.2. The van der Waals surface area contributed by atoms with Gasteiger partial charge in [-0.2, -0.15) is 8.42 Å². The van der Waals surface area contributed by atoms with Crippen LogP contribution in [0.2, 0.25) is 0 Å². The second-order valence-corrected chi connectivity index (χ2v) is 8.38. The molecule has 3 atom stereocenters. The first-order valence-electron chi connectivity index (χ1n) is 8.82. The van der Waals surface area contributed by atoms with Crippen LogP contribution in [-0.4, -0.2) is 54.6 Å². The minimum atomic E-state index is -4.67. The fraction of sp³-hybridized carbons (Fsp3) is 0.667. The molecule has 0 aromatic heterocycles. The second kappa shape index (κ2) is 7.82. The number of nitrogens with zero attached hydrogens (tertiary/aromatic N) is 1. The Morgan fingerprint density at radius 1 is 1.23 bits per heavy atom. The predicted molar refractivity (Wildman–Crippen MR) is 99.2 cm³/mol. The van der Waals surface area contributed by atoms with Crippen LogP contribution in [0, 0.1) is 5.92 Å². The van der Waals surface area contributed by atoms with E-state index in [-0.39, 0.29) is 5.48 Å². The molecule has 2 bridgehead atoms. The van der Waals surface area contributed by atoms with Gasteiger partial charge in [-0.3, -0.25) is 9.11 Å². The third kappa shape index (κ3) is 4.04. The first kappa shape index (κ1) is 21.1. The summed E-state index contributed by atoms with van der Waals surface area (Å²) in [6.45, 7) is 1.26. The molecule has 4 rings (SSSR count). The highest BCUT2D eigenvalue weighted by molar-refractivity contribution is 7.79. The molecule has 0 radical (unpaired) electrons. The molecule has 3 aliphatic rings. The monoisotopic (exact) mass is 387 g/mol. The van der Waals surface area contributed by atoms with E-state index in [1.807, 2.05) is 0 Å². The van der Waals surface area contributed by atoms with E-state index in [2.05, 4.69) is 30.1 Å². The van der Waals surface area contributed by atoms with Gasteiger partial charge in [0.1, 0.15) is 5.75 Å². The van der Waals surface area contributed by atoms with E-state index in [0.717, 1.165) is 17.7 Å². The Balaban J connectivity index is 0.000000362. The van der Waals surface area contributed by atoms with Gasteiger partial charge in [-0.15, -0.1) is 0 Å². The molecule has 0 unspecified atom stereocenters. The summed E-state index contributed by atoms with van der Waals surface area (Å²) in [7, 11) is -0.546. The summed E-state index contributed by atoms with van der Waals surface area (Å²) in [5.74, 6) is 1.91. The Morgan fingerprint density at radius 3 is 2.58 bits per heavy atom. The van der Waals surface area contributed by atoms with Gasteiger partial charge >= 0.3 is 10.4 Å². The largest absolute Gasteiger partial charge is 0.497 e. The lowest BCUT2D eigenvalue weighted by molar-refractivity contribution is 0.00274. The number of ether oxygens (including phenoxy) is 1. The van der Waals surface area contributed by atoms with E-state index in [0.29, 0.717) is 5.41 Å². The average molecular weight is 387 g/mol. The number of hydrogen-bond donors (Lipinski definition) is 2. The molecule has 1 saturated heterocycles. The zero-order valence-corrected chi connectivity index (χ0v) is 16.1. The zero-order chi connectivity index (χ0) is 18.2. The average Bonchev–Trinajstić information content (AvgIpc) is 2.56. The number of methoxy groups -OCH3 is 1. The van der Waals surface area contributed by atoms with Crippen molar-refractivity contribution in [1.29, 1.82) is 0 Å². The molecule has 1 saturated carbocycles. The van der Waals surface area contributed by atoms with E-state index >= 15 is 0 Å². The Kier molecular flexibility index (Phi) is 6.35. The van der Waals surface area contributed by atoms with E-state index in [9.17, 15) is 0 Å². The molecule has 1 aromatic carbocycles. The number of rotatable bonds is 1. The van der Waals surface area contributed by atoms with Crippen LogP contribution in [0.4, 0.5) is 0 Å². The third-order valence-electron chi connectivity index (χ3n) is 6.32. The zero-order valence-electron chi connectivity index (χ0n) is 15.3. The van der Waals surface area contributed by atoms with Crippen LogP contribution in [0.5, 0.6) is 5.75 Å². The number of fused-ring (bicyclic) bond motifs is 1. The number of hydrogen-bond acceptors (Lipinski definition) is 4. The van der Waals surface area contributed by atoms with Crippen molar-refractivity contribution >= 4 is 10.4 Å². The van der Waals surface area contributed by atoms with Crippen molar-refractivity contribution in [1.82, 2.24) is 4.90 Å². The van der Waals surface area contributed by atoms with Crippen LogP contribution in [0.1, 0.15) is 43.2 Å². The van der Waals surface area contributed by atoms with Gasteiger partial charge in [-0.25, -0.2) is 0 Å². The molecule has 1 aliphatic heterocycles. The maximum Gasteiger partial charge on any atom is 0.394 e. The van der Waals surface area contributed by atoms with Gasteiger partial charge in [0, 0.05) is 11.5 Å². The lowest BCUT2D eigenvalue weighted by atomic mass is 9.52. The van der Waals surface area contributed by atoms with Gasteiger partial charge in [0.25, 0.3) is 0 Å². The molecule has 1 aromatic rings. The highest BCUT2D eigenvalue weighted by atomic mass is 32.3. The van der Waals surface area contributed by atoms with E-state index < -0.39 is 10.4 Å². The summed E-state index contributed by atoms with van der Waals surface area (Å²) >= 11 is 0. The molecule has 8 heteroatoms. The van der Waals surface area contributed by atoms with Crippen molar-refractivity contribution < 1.29 is 27.7 Å². The van der Waals surface area contributed by atoms with Crippen LogP contribution in [0.15, 0.2) is 18.2 Å². The molecule has 4 N–H and O–H groups in total. The molecule has 0 spiro atoms. The van der Waals surface area contributed by atoms with Crippen molar-refractivity contribution in [2.45, 2.75) is 50.0 Å². The molecule has 7 nitrogen and oxygen atoms in total. The molecule has 0 amide bonds.